The predicted molar refractivity (Wildman–Crippen MR) is 113 cm³/mol. The standard InChI is InChI=1S/C22H17BrFN3O/c1-14-3-2-4-19-20(14)22(28)27(25-13-15-5-9-17(23)10-6-15)21(26-19)16-7-11-18(24)12-8-16/h2-12,25H,13H2,1H3. The summed E-state index contributed by atoms with van der Waals surface area (Å²) in [5, 5.41) is 0.566. The SMILES string of the molecule is Cc1cccc2nc(-c3ccc(F)cc3)n(NCc3ccc(Br)cc3)c(=O)c12. The zero-order chi connectivity index (χ0) is 19.7. The van der Waals surface area contributed by atoms with Crippen molar-refractivity contribution in [3.63, 3.8) is 0 Å². The lowest BCUT2D eigenvalue weighted by Gasteiger charge is -2.16. The molecular weight excluding hydrogens is 421 g/mol. The van der Waals surface area contributed by atoms with Gasteiger partial charge in [0, 0.05) is 10.0 Å². The van der Waals surface area contributed by atoms with Crippen molar-refractivity contribution in [3.8, 4) is 11.4 Å². The van der Waals surface area contributed by atoms with Crippen LogP contribution in [0.1, 0.15) is 11.1 Å². The van der Waals surface area contributed by atoms with Crippen molar-refractivity contribution in [1.82, 2.24) is 9.66 Å². The lowest BCUT2D eigenvalue weighted by molar-refractivity contribution is 0.628. The molecule has 4 nitrogen and oxygen atoms in total. The average Bonchev–Trinajstić information content (AvgIpc) is 2.69. The number of benzene rings is 3. The van der Waals surface area contributed by atoms with E-state index in [4.69, 9.17) is 4.98 Å². The third-order valence-corrected chi connectivity index (χ3v) is 5.09. The van der Waals surface area contributed by atoms with Gasteiger partial charge in [-0.05, 0) is 60.5 Å². The molecule has 1 aromatic heterocycles. The van der Waals surface area contributed by atoms with Gasteiger partial charge >= 0.3 is 0 Å². The average molecular weight is 438 g/mol. The summed E-state index contributed by atoms with van der Waals surface area (Å²) in [6.07, 6.45) is 0. The van der Waals surface area contributed by atoms with Gasteiger partial charge in [0.05, 0.1) is 17.4 Å². The van der Waals surface area contributed by atoms with Crippen molar-refractivity contribution in [2.24, 2.45) is 0 Å². The highest BCUT2D eigenvalue weighted by Gasteiger charge is 2.14. The molecule has 4 aromatic rings. The summed E-state index contributed by atoms with van der Waals surface area (Å²) in [6, 6.07) is 19.4. The van der Waals surface area contributed by atoms with Crippen molar-refractivity contribution in [1.29, 1.82) is 0 Å². The van der Waals surface area contributed by atoms with E-state index in [1.807, 2.05) is 49.4 Å². The first kappa shape index (κ1) is 18.4. The molecule has 1 N–H and O–H groups in total. The molecule has 4 rings (SSSR count). The van der Waals surface area contributed by atoms with Crippen molar-refractivity contribution in [2.75, 3.05) is 5.43 Å². The van der Waals surface area contributed by atoms with Crippen molar-refractivity contribution in [3.05, 3.63) is 98.5 Å². The van der Waals surface area contributed by atoms with Gasteiger partial charge in [-0.2, -0.15) is 0 Å². The molecule has 0 bridgehead atoms. The Bertz CT molecular complexity index is 1200. The number of hydrogen-bond acceptors (Lipinski definition) is 3. The van der Waals surface area contributed by atoms with Crippen molar-refractivity contribution >= 4 is 26.8 Å². The highest BCUT2D eigenvalue weighted by molar-refractivity contribution is 9.10. The molecule has 0 aliphatic heterocycles. The van der Waals surface area contributed by atoms with E-state index in [0.717, 1.165) is 15.6 Å². The van der Waals surface area contributed by atoms with Crippen LogP contribution in [-0.4, -0.2) is 9.66 Å². The van der Waals surface area contributed by atoms with Gasteiger partial charge in [-0.15, -0.1) is 0 Å². The Balaban J connectivity index is 1.85. The minimum absolute atomic E-state index is 0.181. The maximum atomic E-state index is 13.4. The predicted octanol–water partition coefficient (Wildman–Crippen LogP) is 5.02. The molecule has 1 heterocycles. The molecule has 3 aromatic carbocycles. The molecule has 0 saturated carbocycles. The van der Waals surface area contributed by atoms with Gasteiger partial charge < -0.3 is 5.43 Å². The minimum atomic E-state index is -0.336. The molecule has 6 heteroatoms. The largest absolute Gasteiger partial charge is 0.317 e. The van der Waals surface area contributed by atoms with Gasteiger partial charge in [0.2, 0.25) is 0 Å². The van der Waals surface area contributed by atoms with E-state index in [2.05, 4.69) is 21.4 Å². The first-order valence-electron chi connectivity index (χ1n) is 8.79. The van der Waals surface area contributed by atoms with Gasteiger partial charge in [0.15, 0.2) is 5.82 Å². The number of rotatable bonds is 4. The zero-order valence-corrected chi connectivity index (χ0v) is 16.7. The smallest absolute Gasteiger partial charge is 0.280 e. The van der Waals surface area contributed by atoms with E-state index in [9.17, 15) is 9.18 Å². The Labute approximate surface area is 169 Å². The first-order chi connectivity index (χ1) is 13.5. The van der Waals surface area contributed by atoms with Crippen LogP contribution in [0.15, 0.2) is 76.0 Å². The van der Waals surface area contributed by atoms with Gasteiger partial charge in [0.1, 0.15) is 5.82 Å². The summed E-state index contributed by atoms with van der Waals surface area (Å²) in [7, 11) is 0. The van der Waals surface area contributed by atoms with Crippen LogP contribution in [0.25, 0.3) is 22.3 Å². The number of nitrogens with one attached hydrogen (secondary N) is 1. The summed E-state index contributed by atoms with van der Waals surface area (Å²) < 4.78 is 15.8. The Morgan fingerprint density at radius 3 is 2.46 bits per heavy atom. The monoisotopic (exact) mass is 437 g/mol. The molecular formula is C22H17BrFN3O. The van der Waals surface area contributed by atoms with Gasteiger partial charge in [-0.1, -0.05) is 40.2 Å². The highest BCUT2D eigenvalue weighted by Crippen LogP contribution is 2.20. The summed E-state index contributed by atoms with van der Waals surface area (Å²) >= 11 is 3.42. The fraction of sp³-hybridized carbons (Fsp3) is 0.0909. The van der Waals surface area contributed by atoms with Crippen LogP contribution in [0.5, 0.6) is 0 Å². The molecule has 0 fully saturated rings. The number of nitrogens with zero attached hydrogens (tertiary/aromatic N) is 2. The molecule has 0 spiro atoms. The summed E-state index contributed by atoms with van der Waals surface area (Å²) in [5.74, 6) is 0.109. The molecule has 0 aliphatic rings. The number of halogens is 2. The normalized spacial score (nSPS) is 11.0. The van der Waals surface area contributed by atoms with Crippen molar-refractivity contribution in [2.45, 2.75) is 13.5 Å². The fourth-order valence-corrected chi connectivity index (χ4v) is 3.37. The second-order valence-electron chi connectivity index (χ2n) is 6.51. The Morgan fingerprint density at radius 1 is 1.04 bits per heavy atom. The van der Waals surface area contributed by atoms with E-state index in [1.165, 1.54) is 16.8 Å². The fourth-order valence-electron chi connectivity index (χ4n) is 3.11. The molecule has 0 radical (unpaired) electrons. The topological polar surface area (TPSA) is 46.9 Å². The molecule has 0 unspecified atom stereocenters. The number of hydrogen-bond donors (Lipinski definition) is 1. The molecule has 0 atom stereocenters. The van der Waals surface area contributed by atoms with E-state index in [0.29, 0.717) is 28.8 Å². The van der Waals surface area contributed by atoms with Crippen LogP contribution in [0.2, 0.25) is 0 Å². The summed E-state index contributed by atoms with van der Waals surface area (Å²) in [6.45, 7) is 2.34. The minimum Gasteiger partial charge on any atom is -0.317 e. The van der Waals surface area contributed by atoms with Gasteiger partial charge in [-0.25, -0.2) is 14.1 Å². The van der Waals surface area contributed by atoms with Crippen LogP contribution >= 0.6 is 15.9 Å². The van der Waals surface area contributed by atoms with Crippen LogP contribution in [-0.2, 0) is 6.54 Å². The van der Waals surface area contributed by atoms with E-state index >= 15 is 0 Å². The Morgan fingerprint density at radius 2 is 1.75 bits per heavy atom. The first-order valence-corrected chi connectivity index (χ1v) is 9.59. The Kier molecular flexibility index (Phi) is 4.96. The lowest BCUT2D eigenvalue weighted by Crippen LogP contribution is -2.31. The van der Waals surface area contributed by atoms with Gasteiger partial charge in [-0.3, -0.25) is 4.79 Å². The third kappa shape index (κ3) is 3.55. The van der Waals surface area contributed by atoms with Crippen LogP contribution < -0.4 is 11.0 Å². The number of aromatic nitrogens is 2. The second-order valence-corrected chi connectivity index (χ2v) is 7.43. The van der Waals surface area contributed by atoms with E-state index in [1.54, 1.807) is 12.1 Å². The van der Waals surface area contributed by atoms with Crippen LogP contribution in [0.3, 0.4) is 0 Å². The molecule has 140 valence electrons. The maximum absolute atomic E-state index is 13.4. The maximum Gasteiger partial charge on any atom is 0.280 e. The van der Waals surface area contributed by atoms with E-state index in [-0.39, 0.29) is 11.4 Å². The van der Waals surface area contributed by atoms with Crippen LogP contribution in [0, 0.1) is 12.7 Å². The number of fused-ring (bicyclic) bond motifs is 1. The molecule has 28 heavy (non-hydrogen) atoms. The quantitative estimate of drug-likeness (QED) is 0.487. The second kappa shape index (κ2) is 7.56. The lowest BCUT2D eigenvalue weighted by atomic mass is 10.1. The van der Waals surface area contributed by atoms with Crippen molar-refractivity contribution < 1.29 is 4.39 Å². The van der Waals surface area contributed by atoms with Gasteiger partial charge in [0.25, 0.3) is 5.56 Å². The molecule has 0 saturated heterocycles. The summed E-state index contributed by atoms with van der Waals surface area (Å²) in [4.78, 5) is 18.0. The highest BCUT2D eigenvalue weighted by atomic mass is 79.9. The summed E-state index contributed by atoms with van der Waals surface area (Å²) in [5.41, 5.74) is 6.16. The van der Waals surface area contributed by atoms with E-state index < -0.39 is 0 Å². The molecule has 0 aliphatic carbocycles. The number of aryl methyl sites for hydroxylation is 1. The molecule has 0 amide bonds. The Hall–Kier alpha value is -2.99. The zero-order valence-electron chi connectivity index (χ0n) is 15.1. The third-order valence-electron chi connectivity index (χ3n) is 4.56. The van der Waals surface area contributed by atoms with Crippen LogP contribution in [0.4, 0.5) is 4.39 Å².